The van der Waals surface area contributed by atoms with Crippen LogP contribution in [0.4, 0.5) is 0 Å². The van der Waals surface area contributed by atoms with Crippen molar-refractivity contribution in [3.05, 3.63) is 34.9 Å². The topological polar surface area (TPSA) is 118 Å². The lowest BCUT2D eigenvalue weighted by atomic mass is 9.66. The number of phenols is 2. The molecule has 0 saturated heterocycles. The second kappa shape index (κ2) is 8.89. The molecule has 8 heteroatoms. The molecule has 3 rings (SSSR count). The van der Waals surface area contributed by atoms with Crippen molar-refractivity contribution in [2.75, 3.05) is 41.7 Å². The smallest absolute Gasteiger partial charge is 0.203 e. The molecule has 3 atom stereocenters. The van der Waals surface area contributed by atoms with Gasteiger partial charge in [0.1, 0.15) is 0 Å². The van der Waals surface area contributed by atoms with E-state index in [1.807, 2.05) is 0 Å². The lowest BCUT2D eigenvalue weighted by molar-refractivity contribution is 0.0999. The van der Waals surface area contributed by atoms with Crippen molar-refractivity contribution in [3.63, 3.8) is 0 Å². The van der Waals surface area contributed by atoms with E-state index in [-0.39, 0.29) is 42.3 Å². The van der Waals surface area contributed by atoms with Crippen molar-refractivity contribution in [3.8, 4) is 34.5 Å². The molecular weight excluding hydrogens is 392 g/mol. The van der Waals surface area contributed by atoms with Crippen LogP contribution in [0, 0.1) is 11.8 Å². The Balaban J connectivity index is 2.33. The summed E-state index contributed by atoms with van der Waals surface area (Å²) in [6.07, 6.45) is 0.419. The summed E-state index contributed by atoms with van der Waals surface area (Å²) in [5.41, 5.74) is 2.10. The van der Waals surface area contributed by atoms with Crippen LogP contribution < -0.4 is 18.9 Å². The van der Waals surface area contributed by atoms with Gasteiger partial charge in [-0.25, -0.2) is 0 Å². The zero-order chi connectivity index (χ0) is 22.0. The van der Waals surface area contributed by atoms with Crippen LogP contribution in [0.1, 0.15) is 22.6 Å². The lowest BCUT2D eigenvalue weighted by Gasteiger charge is -2.39. The van der Waals surface area contributed by atoms with Gasteiger partial charge in [0.2, 0.25) is 11.5 Å². The van der Waals surface area contributed by atoms with Gasteiger partial charge in [-0.3, -0.25) is 0 Å². The maximum atomic E-state index is 10.4. The Labute approximate surface area is 175 Å². The van der Waals surface area contributed by atoms with Gasteiger partial charge >= 0.3 is 0 Å². The van der Waals surface area contributed by atoms with Gasteiger partial charge in [-0.05, 0) is 47.6 Å². The van der Waals surface area contributed by atoms with Crippen LogP contribution in [-0.2, 0) is 6.42 Å². The van der Waals surface area contributed by atoms with E-state index in [1.165, 1.54) is 34.5 Å². The van der Waals surface area contributed by atoms with Crippen molar-refractivity contribution < 1.29 is 39.4 Å². The largest absolute Gasteiger partial charge is 0.504 e. The Morgan fingerprint density at radius 2 is 1.43 bits per heavy atom. The molecule has 4 N–H and O–H groups in total. The summed E-state index contributed by atoms with van der Waals surface area (Å²) in [5.74, 6) is -0.315. The maximum Gasteiger partial charge on any atom is 0.203 e. The van der Waals surface area contributed by atoms with Gasteiger partial charge < -0.3 is 39.4 Å². The standard InChI is InChI=1S/C22H28O8/c1-27-16-7-12(8-17(28-2)21(16)29-3)18-14(10-24)13(9-23)5-11-6-15(25)20(26)22(30-4)19(11)18/h6-8,13-14,18,23-26H,5,9-10H2,1-4H3/t13-,14+,18+/m1/s1. The van der Waals surface area contributed by atoms with Crippen molar-refractivity contribution in [1.29, 1.82) is 0 Å². The average Bonchev–Trinajstić information content (AvgIpc) is 2.77. The SMILES string of the molecule is COc1cc([C@@H]2c3c(cc(O)c(O)c3OC)C[C@H](CO)[C@@H]2CO)cc(OC)c1OC. The molecule has 0 bridgehead atoms. The third kappa shape index (κ3) is 3.46. The molecule has 1 aliphatic rings. The van der Waals surface area contributed by atoms with Gasteiger partial charge in [-0.2, -0.15) is 0 Å². The minimum Gasteiger partial charge on any atom is -0.504 e. The van der Waals surface area contributed by atoms with Crippen LogP contribution in [-0.4, -0.2) is 62.1 Å². The van der Waals surface area contributed by atoms with E-state index >= 15 is 0 Å². The van der Waals surface area contributed by atoms with Crippen LogP contribution in [0.25, 0.3) is 0 Å². The maximum absolute atomic E-state index is 10.4. The van der Waals surface area contributed by atoms with E-state index in [4.69, 9.17) is 18.9 Å². The number of benzene rings is 2. The Bertz CT molecular complexity index is 885. The first kappa shape index (κ1) is 21.9. The van der Waals surface area contributed by atoms with Crippen LogP contribution in [0.5, 0.6) is 34.5 Å². The molecule has 30 heavy (non-hydrogen) atoms. The monoisotopic (exact) mass is 420 g/mol. The highest BCUT2D eigenvalue weighted by atomic mass is 16.5. The normalized spacial score (nSPS) is 20.4. The van der Waals surface area contributed by atoms with Crippen LogP contribution >= 0.6 is 0 Å². The first-order valence-electron chi connectivity index (χ1n) is 9.58. The molecule has 0 radical (unpaired) electrons. The van der Waals surface area contributed by atoms with Gasteiger partial charge in [0.05, 0.1) is 28.4 Å². The van der Waals surface area contributed by atoms with Gasteiger partial charge in [-0.15, -0.1) is 0 Å². The fraction of sp³-hybridized carbons (Fsp3) is 0.455. The summed E-state index contributed by atoms with van der Waals surface area (Å²) in [5, 5.41) is 40.8. The number of rotatable bonds is 7. The number of ether oxygens (including phenoxy) is 4. The number of methoxy groups -OCH3 is 4. The van der Waals surface area contributed by atoms with Gasteiger partial charge in [-0.1, -0.05) is 0 Å². The molecular formula is C22H28O8. The second-order valence-corrected chi connectivity index (χ2v) is 7.28. The van der Waals surface area contributed by atoms with Gasteiger partial charge in [0, 0.05) is 24.7 Å². The molecule has 0 heterocycles. The second-order valence-electron chi connectivity index (χ2n) is 7.28. The highest BCUT2D eigenvalue weighted by molar-refractivity contribution is 5.63. The van der Waals surface area contributed by atoms with E-state index in [0.717, 1.165) is 11.1 Å². The molecule has 1 aliphatic carbocycles. The number of hydrogen-bond donors (Lipinski definition) is 4. The number of hydrogen-bond acceptors (Lipinski definition) is 8. The molecule has 0 saturated carbocycles. The van der Waals surface area contributed by atoms with E-state index in [9.17, 15) is 20.4 Å². The molecule has 0 unspecified atom stereocenters. The Morgan fingerprint density at radius 1 is 0.833 bits per heavy atom. The molecule has 8 nitrogen and oxygen atoms in total. The zero-order valence-electron chi connectivity index (χ0n) is 17.5. The molecule has 164 valence electrons. The molecule has 2 aromatic rings. The summed E-state index contributed by atoms with van der Waals surface area (Å²) in [6.45, 7) is -0.341. The van der Waals surface area contributed by atoms with Crippen molar-refractivity contribution in [2.24, 2.45) is 11.8 Å². The van der Waals surface area contributed by atoms with E-state index < -0.39 is 5.92 Å². The fourth-order valence-corrected chi connectivity index (χ4v) is 4.49. The van der Waals surface area contributed by atoms with Gasteiger partial charge in [0.25, 0.3) is 0 Å². The third-order valence-electron chi connectivity index (χ3n) is 5.88. The number of aliphatic hydroxyl groups excluding tert-OH is 2. The first-order valence-corrected chi connectivity index (χ1v) is 9.58. The summed E-state index contributed by atoms with van der Waals surface area (Å²) in [4.78, 5) is 0. The third-order valence-corrected chi connectivity index (χ3v) is 5.88. The fourth-order valence-electron chi connectivity index (χ4n) is 4.49. The van der Waals surface area contributed by atoms with Gasteiger partial charge in [0.15, 0.2) is 23.0 Å². The number of fused-ring (bicyclic) bond motifs is 1. The van der Waals surface area contributed by atoms with Crippen LogP contribution in [0.15, 0.2) is 18.2 Å². The predicted molar refractivity (Wildman–Crippen MR) is 109 cm³/mol. The zero-order valence-corrected chi connectivity index (χ0v) is 17.5. The van der Waals surface area contributed by atoms with Crippen molar-refractivity contribution in [1.82, 2.24) is 0 Å². The minimum absolute atomic E-state index is 0.138. The molecule has 0 aromatic heterocycles. The highest BCUT2D eigenvalue weighted by Gasteiger charge is 2.41. The van der Waals surface area contributed by atoms with Crippen molar-refractivity contribution in [2.45, 2.75) is 12.3 Å². The summed E-state index contributed by atoms with van der Waals surface area (Å²) >= 11 is 0. The van der Waals surface area contributed by atoms with E-state index in [1.54, 1.807) is 12.1 Å². The number of aromatic hydroxyl groups is 2. The molecule has 0 fully saturated rings. The molecule has 2 aromatic carbocycles. The van der Waals surface area contributed by atoms with Crippen LogP contribution in [0.2, 0.25) is 0 Å². The van der Waals surface area contributed by atoms with E-state index in [0.29, 0.717) is 29.2 Å². The summed E-state index contributed by atoms with van der Waals surface area (Å²) < 4.78 is 21.8. The first-order chi connectivity index (χ1) is 14.4. The minimum atomic E-state index is -0.467. The number of aliphatic hydroxyl groups is 2. The van der Waals surface area contributed by atoms with Crippen molar-refractivity contribution >= 4 is 0 Å². The Hall–Kier alpha value is -2.84. The summed E-state index contributed by atoms with van der Waals surface area (Å²) in [6, 6.07) is 5.04. The quantitative estimate of drug-likeness (QED) is 0.503. The molecule has 0 spiro atoms. The molecule has 0 amide bonds. The van der Waals surface area contributed by atoms with E-state index in [2.05, 4.69) is 0 Å². The predicted octanol–water partition coefficient (Wildman–Crippen LogP) is 2.04. The average molecular weight is 420 g/mol. The lowest BCUT2D eigenvalue weighted by Crippen LogP contribution is -2.35. The van der Waals surface area contributed by atoms with Crippen LogP contribution in [0.3, 0.4) is 0 Å². The molecule has 0 aliphatic heterocycles. The Morgan fingerprint density at radius 3 is 1.90 bits per heavy atom. The number of phenolic OH excluding ortho intramolecular Hbond substituents is 2. The Kier molecular flexibility index (Phi) is 6.48. The summed E-state index contributed by atoms with van der Waals surface area (Å²) in [7, 11) is 5.95. The highest BCUT2D eigenvalue weighted by Crippen LogP contribution is 2.54.